The summed E-state index contributed by atoms with van der Waals surface area (Å²) in [6, 6.07) is 5.98. The van der Waals surface area contributed by atoms with Gasteiger partial charge in [-0.05, 0) is 47.2 Å². The molecule has 0 aliphatic heterocycles. The molecule has 1 unspecified atom stereocenters. The number of para-hydroxylation sites is 1. The number of hydrogen-bond donors (Lipinski definition) is 1. The van der Waals surface area contributed by atoms with E-state index in [1.807, 2.05) is 22.9 Å². The van der Waals surface area contributed by atoms with E-state index in [4.69, 9.17) is 10.5 Å². The first-order valence-corrected chi connectivity index (χ1v) is 7.22. The Bertz CT molecular complexity index is 649. The lowest BCUT2D eigenvalue weighted by Gasteiger charge is -2.18. The zero-order valence-corrected chi connectivity index (χ0v) is 12.7. The van der Waals surface area contributed by atoms with E-state index in [0.717, 1.165) is 24.2 Å². The Hall–Kier alpha value is -2.11. The molecule has 21 heavy (non-hydrogen) atoms. The van der Waals surface area contributed by atoms with E-state index >= 15 is 0 Å². The quantitative estimate of drug-likeness (QED) is 0.878. The van der Waals surface area contributed by atoms with E-state index in [-0.39, 0.29) is 0 Å². The molecule has 0 amide bonds. The van der Waals surface area contributed by atoms with Crippen LogP contribution in [0.4, 0.5) is 5.69 Å². The number of tetrazole rings is 1. The van der Waals surface area contributed by atoms with Crippen LogP contribution in [0.1, 0.15) is 39.2 Å². The smallest absolute Gasteiger partial charge is 0.186 e. The van der Waals surface area contributed by atoms with Crippen LogP contribution in [0.25, 0.3) is 11.4 Å². The molecule has 1 aliphatic rings. The summed E-state index contributed by atoms with van der Waals surface area (Å²) in [6.45, 7) is 4.58. The summed E-state index contributed by atoms with van der Waals surface area (Å²) < 4.78 is 7.35. The van der Waals surface area contributed by atoms with E-state index in [9.17, 15) is 0 Å². The highest BCUT2D eigenvalue weighted by Gasteiger charge is 2.34. The molecule has 6 heteroatoms. The van der Waals surface area contributed by atoms with E-state index in [1.165, 1.54) is 6.42 Å². The zero-order valence-electron chi connectivity index (χ0n) is 12.7. The van der Waals surface area contributed by atoms with Crippen molar-refractivity contribution in [1.82, 2.24) is 20.2 Å². The van der Waals surface area contributed by atoms with Crippen molar-refractivity contribution < 1.29 is 4.74 Å². The van der Waals surface area contributed by atoms with Gasteiger partial charge in [-0.2, -0.15) is 0 Å². The minimum atomic E-state index is 0.330. The maximum atomic E-state index is 5.98. The second-order valence-electron chi connectivity index (χ2n) is 6.44. The Morgan fingerprint density at radius 1 is 1.38 bits per heavy atom. The van der Waals surface area contributed by atoms with Gasteiger partial charge in [0.1, 0.15) is 0 Å². The molecule has 1 fully saturated rings. The van der Waals surface area contributed by atoms with Gasteiger partial charge in [-0.25, -0.2) is 4.68 Å². The summed E-state index contributed by atoms with van der Waals surface area (Å²) in [5, 5.41) is 12.3. The fourth-order valence-corrected chi connectivity index (χ4v) is 3.18. The summed E-state index contributed by atoms with van der Waals surface area (Å²) in [6.07, 6.45) is 3.36. The van der Waals surface area contributed by atoms with Crippen molar-refractivity contribution in [3.8, 4) is 17.1 Å². The Kier molecular flexibility index (Phi) is 3.31. The van der Waals surface area contributed by atoms with Gasteiger partial charge in [-0.15, -0.1) is 5.10 Å². The van der Waals surface area contributed by atoms with Crippen molar-refractivity contribution in [2.24, 2.45) is 5.41 Å². The summed E-state index contributed by atoms with van der Waals surface area (Å²) in [4.78, 5) is 0. The number of nitrogen functional groups attached to an aromatic ring is 1. The molecule has 1 heterocycles. The predicted octanol–water partition coefficient (Wildman–Crippen LogP) is 2.68. The highest BCUT2D eigenvalue weighted by Crippen LogP contribution is 2.44. The lowest BCUT2D eigenvalue weighted by atomic mass is 9.92. The van der Waals surface area contributed by atoms with Gasteiger partial charge in [0.15, 0.2) is 11.6 Å². The van der Waals surface area contributed by atoms with Gasteiger partial charge in [-0.1, -0.05) is 19.9 Å². The fraction of sp³-hybridized carbons (Fsp3) is 0.533. The number of ether oxygens (including phenoxy) is 1. The van der Waals surface area contributed by atoms with Gasteiger partial charge in [0.2, 0.25) is 0 Å². The van der Waals surface area contributed by atoms with Crippen LogP contribution in [0.5, 0.6) is 5.75 Å². The Labute approximate surface area is 124 Å². The van der Waals surface area contributed by atoms with E-state index in [1.54, 1.807) is 7.11 Å². The summed E-state index contributed by atoms with van der Waals surface area (Å²) in [7, 11) is 1.61. The number of rotatable bonds is 3. The topological polar surface area (TPSA) is 78.8 Å². The van der Waals surface area contributed by atoms with Crippen molar-refractivity contribution in [2.45, 2.75) is 39.2 Å². The molecule has 0 radical (unpaired) electrons. The van der Waals surface area contributed by atoms with Crippen molar-refractivity contribution in [2.75, 3.05) is 12.8 Å². The molecule has 0 saturated heterocycles. The first-order valence-electron chi connectivity index (χ1n) is 7.22. The van der Waals surface area contributed by atoms with Crippen LogP contribution in [0.3, 0.4) is 0 Å². The van der Waals surface area contributed by atoms with E-state index in [2.05, 4.69) is 29.4 Å². The molecule has 112 valence electrons. The Balaban J connectivity index is 2.02. The number of benzene rings is 1. The third-order valence-electron chi connectivity index (χ3n) is 4.27. The Morgan fingerprint density at radius 2 is 2.19 bits per heavy atom. The third kappa shape index (κ3) is 2.46. The Morgan fingerprint density at radius 3 is 2.86 bits per heavy atom. The second kappa shape index (κ2) is 5.02. The third-order valence-corrected chi connectivity index (χ3v) is 4.27. The monoisotopic (exact) mass is 287 g/mol. The minimum absolute atomic E-state index is 0.330. The molecular formula is C15H21N5O. The number of hydrogen-bond acceptors (Lipinski definition) is 5. The summed E-state index contributed by atoms with van der Waals surface area (Å²) >= 11 is 0. The molecular weight excluding hydrogens is 266 g/mol. The van der Waals surface area contributed by atoms with Crippen LogP contribution in [0, 0.1) is 5.41 Å². The van der Waals surface area contributed by atoms with Gasteiger partial charge in [0.25, 0.3) is 0 Å². The molecule has 1 aliphatic carbocycles. The van der Waals surface area contributed by atoms with Gasteiger partial charge in [-0.3, -0.25) is 0 Å². The number of methoxy groups -OCH3 is 1. The molecule has 2 N–H and O–H groups in total. The molecule has 1 saturated carbocycles. The first kappa shape index (κ1) is 13.9. The summed E-state index contributed by atoms with van der Waals surface area (Å²) in [5.74, 6) is 1.35. The highest BCUT2D eigenvalue weighted by molar-refractivity contribution is 5.73. The highest BCUT2D eigenvalue weighted by atomic mass is 16.5. The summed E-state index contributed by atoms with van der Waals surface area (Å²) in [5.41, 5.74) is 7.76. The molecule has 0 spiro atoms. The second-order valence-corrected chi connectivity index (χ2v) is 6.44. The number of nitrogens with two attached hydrogens (primary N) is 1. The molecule has 3 rings (SSSR count). The van der Waals surface area contributed by atoms with Gasteiger partial charge >= 0.3 is 0 Å². The van der Waals surface area contributed by atoms with Crippen molar-refractivity contribution in [3.05, 3.63) is 18.2 Å². The van der Waals surface area contributed by atoms with Gasteiger partial charge in [0, 0.05) is 0 Å². The van der Waals surface area contributed by atoms with Crippen LogP contribution in [0.15, 0.2) is 18.2 Å². The van der Waals surface area contributed by atoms with Crippen molar-refractivity contribution >= 4 is 5.69 Å². The van der Waals surface area contributed by atoms with E-state index < -0.39 is 0 Å². The predicted molar refractivity (Wildman–Crippen MR) is 80.9 cm³/mol. The van der Waals surface area contributed by atoms with Crippen LogP contribution >= 0.6 is 0 Å². The molecule has 1 atom stereocenters. The van der Waals surface area contributed by atoms with Crippen molar-refractivity contribution in [1.29, 1.82) is 0 Å². The number of nitrogens with zero attached hydrogens (tertiary/aromatic N) is 4. The lowest BCUT2D eigenvalue weighted by molar-refractivity contribution is 0.348. The van der Waals surface area contributed by atoms with Gasteiger partial charge < -0.3 is 10.5 Å². The molecule has 1 aromatic heterocycles. The fourth-order valence-electron chi connectivity index (χ4n) is 3.18. The average molecular weight is 287 g/mol. The molecule has 0 bridgehead atoms. The van der Waals surface area contributed by atoms with Crippen molar-refractivity contribution in [3.63, 3.8) is 0 Å². The SMILES string of the molecule is COc1c(N)cccc1-c1nnnn1C1CCC(C)(C)C1. The number of aromatic nitrogens is 4. The van der Waals surface area contributed by atoms with Crippen LogP contribution in [0.2, 0.25) is 0 Å². The zero-order chi connectivity index (χ0) is 15.0. The molecule has 1 aromatic carbocycles. The molecule has 2 aromatic rings. The maximum Gasteiger partial charge on any atom is 0.186 e. The van der Waals surface area contributed by atoms with Crippen LogP contribution in [-0.2, 0) is 0 Å². The minimum Gasteiger partial charge on any atom is -0.494 e. The van der Waals surface area contributed by atoms with Gasteiger partial charge in [0.05, 0.1) is 24.4 Å². The lowest BCUT2D eigenvalue weighted by Crippen LogP contribution is -2.12. The van der Waals surface area contributed by atoms with E-state index in [0.29, 0.717) is 22.9 Å². The number of anilines is 1. The van der Waals surface area contributed by atoms with Crippen LogP contribution in [-0.4, -0.2) is 27.3 Å². The normalized spacial score (nSPS) is 20.6. The first-order chi connectivity index (χ1) is 10.0. The maximum absolute atomic E-state index is 5.98. The standard InChI is InChI=1S/C15H21N5O/c1-15(2)8-7-10(9-15)20-14(17-18-19-20)11-5-4-6-12(16)13(11)21-3/h4-6,10H,7-9,16H2,1-3H3. The largest absolute Gasteiger partial charge is 0.494 e. The molecule has 6 nitrogen and oxygen atoms in total. The van der Waals surface area contributed by atoms with Crippen LogP contribution < -0.4 is 10.5 Å². The average Bonchev–Trinajstić information content (AvgIpc) is 3.04.